The summed E-state index contributed by atoms with van der Waals surface area (Å²) in [6, 6.07) is 2.13. The Labute approximate surface area is 118 Å². The van der Waals surface area contributed by atoms with Crippen LogP contribution in [0.1, 0.15) is 71.1 Å². The molecule has 112 valence electrons. The van der Waals surface area contributed by atoms with E-state index < -0.39 is 10.0 Å². The molecule has 0 aliphatic heterocycles. The van der Waals surface area contributed by atoms with Crippen LogP contribution >= 0.6 is 0 Å². The molecule has 0 aliphatic rings. The van der Waals surface area contributed by atoms with Crippen LogP contribution in [0.15, 0.2) is 0 Å². The van der Waals surface area contributed by atoms with Crippen molar-refractivity contribution in [2.75, 3.05) is 12.3 Å². The number of rotatable bonds is 13. The minimum atomic E-state index is -3.06. The van der Waals surface area contributed by atoms with Gasteiger partial charge in [-0.3, -0.25) is 0 Å². The second-order valence-electron chi connectivity index (χ2n) is 4.95. The van der Waals surface area contributed by atoms with E-state index in [9.17, 15) is 8.42 Å². The summed E-state index contributed by atoms with van der Waals surface area (Å²) in [5.74, 6) is 0.259. The van der Waals surface area contributed by atoms with Crippen molar-refractivity contribution in [2.24, 2.45) is 0 Å². The van der Waals surface area contributed by atoms with Crippen molar-refractivity contribution in [1.29, 1.82) is 5.26 Å². The quantitative estimate of drug-likeness (QED) is 0.528. The Hall–Kier alpha value is -0.600. The normalized spacial score (nSPS) is 11.4. The summed E-state index contributed by atoms with van der Waals surface area (Å²) in [4.78, 5) is 0. The molecule has 0 atom stereocenters. The average Bonchev–Trinajstić information content (AvgIpc) is 2.38. The Balaban J connectivity index is 3.41. The van der Waals surface area contributed by atoms with Gasteiger partial charge in [-0.05, 0) is 19.3 Å². The SMILES string of the molecule is CCCCCCS(=O)(=O)NCCCCCCCC#N. The van der Waals surface area contributed by atoms with Gasteiger partial charge in [0.05, 0.1) is 11.8 Å². The predicted molar refractivity (Wildman–Crippen MR) is 79.2 cm³/mol. The smallest absolute Gasteiger partial charge is 0.211 e. The van der Waals surface area contributed by atoms with Gasteiger partial charge in [0.25, 0.3) is 0 Å². The van der Waals surface area contributed by atoms with Crippen LogP contribution in [0.2, 0.25) is 0 Å². The highest BCUT2D eigenvalue weighted by atomic mass is 32.2. The fraction of sp³-hybridized carbons (Fsp3) is 0.929. The van der Waals surface area contributed by atoms with Crippen LogP contribution in [-0.2, 0) is 10.0 Å². The third-order valence-electron chi connectivity index (χ3n) is 3.05. The lowest BCUT2D eigenvalue weighted by Crippen LogP contribution is -2.27. The van der Waals surface area contributed by atoms with Crippen LogP contribution in [0, 0.1) is 11.3 Å². The van der Waals surface area contributed by atoms with Gasteiger partial charge in [-0.1, -0.05) is 45.4 Å². The topological polar surface area (TPSA) is 70.0 Å². The second kappa shape index (κ2) is 12.4. The van der Waals surface area contributed by atoms with E-state index in [-0.39, 0.29) is 5.75 Å². The van der Waals surface area contributed by atoms with Crippen molar-refractivity contribution in [2.45, 2.75) is 71.1 Å². The first kappa shape index (κ1) is 18.4. The maximum atomic E-state index is 11.6. The molecular formula is C14H28N2O2S. The summed E-state index contributed by atoms with van der Waals surface area (Å²) in [6.07, 6.45) is 9.65. The van der Waals surface area contributed by atoms with E-state index in [0.717, 1.165) is 57.8 Å². The van der Waals surface area contributed by atoms with Gasteiger partial charge < -0.3 is 0 Å². The highest BCUT2D eigenvalue weighted by Gasteiger charge is 2.08. The Kier molecular flexibility index (Phi) is 12.0. The first-order valence-corrected chi connectivity index (χ1v) is 9.12. The van der Waals surface area contributed by atoms with Crippen molar-refractivity contribution < 1.29 is 8.42 Å². The van der Waals surface area contributed by atoms with Crippen LogP contribution < -0.4 is 4.72 Å². The second-order valence-corrected chi connectivity index (χ2v) is 6.88. The van der Waals surface area contributed by atoms with E-state index in [0.29, 0.717) is 13.0 Å². The number of nitrogens with one attached hydrogen (secondary N) is 1. The summed E-state index contributed by atoms with van der Waals surface area (Å²) in [7, 11) is -3.06. The van der Waals surface area contributed by atoms with Crippen molar-refractivity contribution in [3.63, 3.8) is 0 Å². The van der Waals surface area contributed by atoms with Gasteiger partial charge in [-0.25, -0.2) is 13.1 Å². The highest BCUT2D eigenvalue weighted by Crippen LogP contribution is 2.05. The molecule has 0 saturated heterocycles. The van der Waals surface area contributed by atoms with Crippen molar-refractivity contribution in [1.82, 2.24) is 4.72 Å². The molecule has 0 aromatic heterocycles. The number of hydrogen-bond acceptors (Lipinski definition) is 3. The average molecular weight is 288 g/mol. The molecule has 0 rings (SSSR count). The summed E-state index contributed by atoms with van der Waals surface area (Å²) in [5, 5.41) is 8.37. The van der Waals surface area contributed by atoms with Crippen LogP contribution in [-0.4, -0.2) is 20.7 Å². The van der Waals surface area contributed by atoms with E-state index in [1.807, 2.05) is 0 Å². The third-order valence-corrected chi connectivity index (χ3v) is 4.52. The molecule has 0 amide bonds. The molecule has 0 aliphatic carbocycles. The summed E-state index contributed by atoms with van der Waals surface area (Å²) in [6.45, 7) is 2.66. The molecule has 5 heteroatoms. The number of nitrogens with zero attached hydrogens (tertiary/aromatic N) is 1. The molecule has 0 spiro atoms. The predicted octanol–water partition coefficient (Wildman–Crippen LogP) is 3.35. The van der Waals surface area contributed by atoms with E-state index in [4.69, 9.17) is 5.26 Å². The number of unbranched alkanes of at least 4 members (excludes halogenated alkanes) is 8. The molecule has 0 saturated carbocycles. The molecule has 0 bridgehead atoms. The zero-order valence-corrected chi connectivity index (χ0v) is 13.0. The lowest BCUT2D eigenvalue weighted by molar-refractivity contribution is 0.564. The van der Waals surface area contributed by atoms with Crippen molar-refractivity contribution in [3.8, 4) is 6.07 Å². The van der Waals surface area contributed by atoms with E-state index in [1.165, 1.54) is 0 Å². The highest BCUT2D eigenvalue weighted by molar-refractivity contribution is 7.89. The molecule has 0 aromatic rings. The van der Waals surface area contributed by atoms with Gasteiger partial charge in [0, 0.05) is 13.0 Å². The summed E-state index contributed by atoms with van der Waals surface area (Å²) >= 11 is 0. The molecule has 0 fully saturated rings. The fourth-order valence-electron chi connectivity index (χ4n) is 1.88. The molecule has 0 aromatic carbocycles. The fourth-order valence-corrected chi connectivity index (χ4v) is 3.06. The summed E-state index contributed by atoms with van der Waals surface area (Å²) < 4.78 is 25.9. The number of hydrogen-bond donors (Lipinski definition) is 1. The molecule has 0 heterocycles. The maximum Gasteiger partial charge on any atom is 0.211 e. The van der Waals surface area contributed by atoms with Gasteiger partial charge in [-0.15, -0.1) is 0 Å². The monoisotopic (exact) mass is 288 g/mol. The molecule has 0 unspecified atom stereocenters. The first-order chi connectivity index (χ1) is 9.12. The van der Waals surface area contributed by atoms with Gasteiger partial charge in [0.15, 0.2) is 0 Å². The molecular weight excluding hydrogens is 260 g/mol. The van der Waals surface area contributed by atoms with E-state index in [1.54, 1.807) is 0 Å². The van der Waals surface area contributed by atoms with Crippen LogP contribution in [0.5, 0.6) is 0 Å². The first-order valence-electron chi connectivity index (χ1n) is 7.46. The molecule has 0 radical (unpaired) electrons. The maximum absolute atomic E-state index is 11.6. The van der Waals surface area contributed by atoms with Crippen LogP contribution in [0.25, 0.3) is 0 Å². The summed E-state index contributed by atoms with van der Waals surface area (Å²) in [5.41, 5.74) is 0. The minimum absolute atomic E-state index is 0.259. The molecule has 4 nitrogen and oxygen atoms in total. The van der Waals surface area contributed by atoms with Gasteiger partial charge in [0.2, 0.25) is 10.0 Å². The van der Waals surface area contributed by atoms with Gasteiger partial charge in [-0.2, -0.15) is 5.26 Å². The van der Waals surface area contributed by atoms with Crippen LogP contribution in [0.4, 0.5) is 0 Å². The zero-order valence-electron chi connectivity index (χ0n) is 12.2. The van der Waals surface area contributed by atoms with Crippen molar-refractivity contribution >= 4 is 10.0 Å². The van der Waals surface area contributed by atoms with Crippen molar-refractivity contribution in [3.05, 3.63) is 0 Å². The van der Waals surface area contributed by atoms with Crippen LogP contribution in [0.3, 0.4) is 0 Å². The third kappa shape index (κ3) is 13.6. The number of sulfonamides is 1. The Morgan fingerprint density at radius 2 is 1.58 bits per heavy atom. The minimum Gasteiger partial charge on any atom is -0.215 e. The zero-order chi connectivity index (χ0) is 14.4. The lowest BCUT2D eigenvalue weighted by atomic mass is 10.1. The van der Waals surface area contributed by atoms with E-state index >= 15 is 0 Å². The largest absolute Gasteiger partial charge is 0.215 e. The standard InChI is InChI=1S/C14H28N2O2S/c1-2-3-4-11-14-19(17,18)16-13-10-8-6-5-7-9-12-15/h16H,2-11,13-14H2,1H3. The Morgan fingerprint density at radius 3 is 2.26 bits per heavy atom. The van der Waals surface area contributed by atoms with Gasteiger partial charge >= 0.3 is 0 Å². The van der Waals surface area contributed by atoms with Gasteiger partial charge in [0.1, 0.15) is 0 Å². The number of nitriles is 1. The Morgan fingerprint density at radius 1 is 0.947 bits per heavy atom. The Bertz CT molecular complexity index is 334. The molecule has 19 heavy (non-hydrogen) atoms. The van der Waals surface area contributed by atoms with E-state index in [2.05, 4.69) is 17.7 Å². The lowest BCUT2D eigenvalue weighted by Gasteiger charge is -2.06. The molecule has 1 N–H and O–H groups in total.